The van der Waals surface area contributed by atoms with Crippen LogP contribution < -0.4 is 0 Å². The quantitative estimate of drug-likeness (QED) is 0.178. The second-order valence-corrected chi connectivity index (χ2v) is 12.5. The van der Waals surface area contributed by atoms with Crippen molar-refractivity contribution in [2.24, 2.45) is 0 Å². The van der Waals surface area contributed by atoms with Gasteiger partial charge in [-0.2, -0.15) is 0 Å². The van der Waals surface area contributed by atoms with E-state index >= 15 is 0 Å². The van der Waals surface area contributed by atoms with E-state index in [0.29, 0.717) is 0 Å². The Labute approximate surface area is 306 Å². The Hall–Kier alpha value is -7.24. The fourth-order valence-electron chi connectivity index (χ4n) is 6.32. The standard InChI is InChI=1S/C48H36N4/c1-37-33-38(2)46-35-45(37)49(41-21-9-5-10-22-41)29-17-18-31-51(43-25-13-7-14-26-43)47-36-48(40(4)34-39(47)3)52(44-27-15-8-16-28-44)32-20-19-30-50(46)42-23-11-6-12-24-42/h5-16,21-28,33-36H,1-4H3. The fraction of sp³-hybridized carbons (Fsp3) is 0.0833. The van der Waals surface area contributed by atoms with E-state index in [2.05, 4.69) is 150 Å². The fourth-order valence-corrected chi connectivity index (χ4v) is 6.32. The van der Waals surface area contributed by atoms with Crippen LogP contribution in [0.3, 0.4) is 0 Å². The summed E-state index contributed by atoms with van der Waals surface area (Å²) in [7, 11) is 0. The van der Waals surface area contributed by atoms with Gasteiger partial charge in [0.05, 0.1) is 44.8 Å². The Morgan fingerprint density at radius 2 is 0.500 bits per heavy atom. The predicted octanol–water partition coefficient (Wildman–Crippen LogP) is 10.7. The van der Waals surface area contributed by atoms with Crippen molar-refractivity contribution in [1.29, 1.82) is 0 Å². The van der Waals surface area contributed by atoms with E-state index in [0.717, 1.165) is 67.1 Å². The maximum absolute atomic E-state index is 3.39. The first kappa shape index (κ1) is 33.3. The SMILES string of the molecule is Cc1cc(C)c2cc1n(-c1ccccc1)c#cc#cn(-c1ccccc1)c1cc(c(C)cc1C)n(-c1ccccc1)c#cc#cn2-c1ccccc1. The van der Waals surface area contributed by atoms with Crippen molar-refractivity contribution < 1.29 is 0 Å². The van der Waals surface area contributed by atoms with Crippen LogP contribution in [0.4, 0.5) is 0 Å². The van der Waals surface area contributed by atoms with Crippen molar-refractivity contribution >= 4 is 22.1 Å². The van der Waals surface area contributed by atoms with Crippen LogP contribution in [0, 0.1) is 76.7 Å². The molecule has 0 aliphatic rings. The molecule has 52 heavy (non-hydrogen) atoms. The molecule has 7 aromatic rings. The van der Waals surface area contributed by atoms with Crippen LogP contribution in [-0.4, -0.2) is 18.3 Å². The van der Waals surface area contributed by atoms with E-state index in [9.17, 15) is 0 Å². The number of hydrogen-bond donors (Lipinski definition) is 0. The summed E-state index contributed by atoms with van der Waals surface area (Å²) in [6, 6.07) is 62.2. The summed E-state index contributed by atoms with van der Waals surface area (Å²) in [5.41, 5.74) is 11.8. The highest BCUT2D eigenvalue weighted by molar-refractivity contribution is 5.73. The molecule has 0 saturated carbocycles. The largest absolute Gasteiger partial charge is 0.269 e. The molecule has 0 unspecified atom stereocenters. The van der Waals surface area contributed by atoms with Crippen molar-refractivity contribution in [2.45, 2.75) is 27.7 Å². The van der Waals surface area contributed by atoms with E-state index in [1.165, 1.54) is 0 Å². The first-order valence-corrected chi connectivity index (χ1v) is 17.1. The Morgan fingerprint density at radius 1 is 0.288 bits per heavy atom. The molecule has 7 rings (SSSR count). The van der Waals surface area contributed by atoms with E-state index in [4.69, 9.17) is 0 Å². The van der Waals surface area contributed by atoms with Crippen LogP contribution in [0.5, 0.6) is 0 Å². The molecule has 0 aliphatic heterocycles. The smallest absolute Gasteiger partial charge is 0.0596 e. The van der Waals surface area contributed by atoms with Crippen LogP contribution in [0.2, 0.25) is 0 Å². The van der Waals surface area contributed by atoms with Crippen LogP contribution in [-0.2, 0) is 0 Å². The third-order valence-corrected chi connectivity index (χ3v) is 8.85. The van der Waals surface area contributed by atoms with Gasteiger partial charge in [0.15, 0.2) is 0 Å². The second kappa shape index (κ2) is 15.1. The summed E-state index contributed by atoms with van der Waals surface area (Å²) in [5.74, 6) is 0. The van der Waals surface area contributed by atoms with Gasteiger partial charge in [0.2, 0.25) is 0 Å². The monoisotopic (exact) mass is 668 g/mol. The Bertz CT molecular complexity index is 2180. The molecule has 1 heterocycles. The molecule has 0 fully saturated rings. The summed E-state index contributed by atoms with van der Waals surface area (Å²) < 4.78 is 8.03. The Balaban J connectivity index is 1.67. The van der Waals surface area contributed by atoms with Crippen molar-refractivity contribution in [3.05, 3.63) is 217 Å². The van der Waals surface area contributed by atoms with Gasteiger partial charge in [0.1, 0.15) is 0 Å². The lowest BCUT2D eigenvalue weighted by molar-refractivity contribution is 1.07. The predicted molar refractivity (Wildman–Crippen MR) is 210 cm³/mol. The van der Waals surface area contributed by atoms with Crippen LogP contribution >= 0.6 is 0 Å². The van der Waals surface area contributed by atoms with E-state index in [-0.39, 0.29) is 0 Å². The second-order valence-electron chi connectivity index (χ2n) is 12.5. The number of nitrogens with zero attached hydrogens (tertiary/aromatic N) is 4. The zero-order valence-electron chi connectivity index (χ0n) is 29.6. The molecule has 248 valence electrons. The van der Waals surface area contributed by atoms with Gasteiger partial charge in [-0.25, -0.2) is 0 Å². The number of aromatic nitrogens is 4. The summed E-state index contributed by atoms with van der Waals surface area (Å²) in [5, 5.41) is 0. The molecule has 1 aromatic heterocycles. The molecule has 0 aliphatic carbocycles. The van der Waals surface area contributed by atoms with Crippen molar-refractivity contribution in [1.82, 2.24) is 18.3 Å². The summed E-state index contributed by atoms with van der Waals surface area (Å²) >= 11 is 0. The summed E-state index contributed by atoms with van der Waals surface area (Å²) in [6.45, 7) is 8.44. The van der Waals surface area contributed by atoms with Crippen LogP contribution in [0.1, 0.15) is 22.3 Å². The average Bonchev–Trinajstić information content (AvgIpc) is 3.17. The molecule has 4 nitrogen and oxygen atoms in total. The number of aryl methyl sites for hydroxylation is 4. The topological polar surface area (TPSA) is 19.7 Å². The molecule has 0 amide bonds. The maximum atomic E-state index is 3.39. The highest BCUT2D eigenvalue weighted by Gasteiger charge is 2.08. The van der Waals surface area contributed by atoms with Crippen LogP contribution in [0.15, 0.2) is 146 Å². The first-order chi connectivity index (χ1) is 25.5. The highest BCUT2D eigenvalue weighted by atomic mass is 15.0. The van der Waals surface area contributed by atoms with Gasteiger partial charge >= 0.3 is 0 Å². The van der Waals surface area contributed by atoms with Gasteiger partial charge in [-0.3, -0.25) is 18.3 Å². The first-order valence-electron chi connectivity index (χ1n) is 17.1. The lowest BCUT2D eigenvalue weighted by Crippen LogP contribution is -2.00. The van der Waals surface area contributed by atoms with Gasteiger partial charge in [-0.1, -0.05) is 84.9 Å². The molecule has 0 spiro atoms. The molecule has 0 atom stereocenters. The van der Waals surface area contributed by atoms with Crippen molar-refractivity contribution in [2.75, 3.05) is 0 Å². The number of benzene rings is 6. The number of fused-ring (bicyclic) bond motifs is 4. The van der Waals surface area contributed by atoms with Gasteiger partial charge in [0.25, 0.3) is 0 Å². The van der Waals surface area contributed by atoms with Crippen molar-refractivity contribution in [3.8, 4) is 22.7 Å². The molecule has 4 heteroatoms. The molecule has 0 saturated heterocycles. The van der Waals surface area contributed by atoms with Gasteiger partial charge in [0, 0.05) is 49.1 Å². The summed E-state index contributed by atoms with van der Waals surface area (Å²) in [6.07, 6.45) is 13.6. The Morgan fingerprint density at radius 3 is 0.712 bits per heavy atom. The highest BCUT2D eigenvalue weighted by Crippen LogP contribution is 2.23. The normalized spacial score (nSPS) is 10.1. The third-order valence-electron chi connectivity index (χ3n) is 8.85. The molecule has 4 bridgehead atoms. The van der Waals surface area contributed by atoms with E-state index in [1.54, 1.807) is 0 Å². The maximum Gasteiger partial charge on any atom is 0.0596 e. The Kier molecular flexibility index (Phi) is 9.67. The zero-order chi connectivity index (χ0) is 35.9. The lowest BCUT2D eigenvalue weighted by atomic mass is 10.1. The molecular formula is C48H36N4. The van der Waals surface area contributed by atoms with E-state index in [1.807, 2.05) is 91.1 Å². The van der Waals surface area contributed by atoms with Gasteiger partial charge < -0.3 is 0 Å². The van der Waals surface area contributed by atoms with E-state index < -0.39 is 0 Å². The average molecular weight is 669 g/mol. The van der Waals surface area contributed by atoms with Crippen LogP contribution in [0.25, 0.3) is 44.8 Å². The zero-order valence-corrected chi connectivity index (χ0v) is 29.6. The minimum absolute atomic E-state index is 0.935. The van der Waals surface area contributed by atoms with Gasteiger partial charge in [-0.05, 0) is 111 Å². The van der Waals surface area contributed by atoms with Crippen molar-refractivity contribution in [3.63, 3.8) is 0 Å². The number of para-hydroxylation sites is 4. The molecule has 0 N–H and O–H groups in total. The third kappa shape index (κ3) is 7.06. The summed E-state index contributed by atoms with van der Waals surface area (Å²) in [4.78, 5) is 0. The minimum atomic E-state index is 0.935. The molecular weight excluding hydrogens is 633 g/mol. The molecule has 6 aromatic carbocycles. The number of hydrogen-bond acceptors (Lipinski definition) is 0. The van der Waals surface area contributed by atoms with Gasteiger partial charge in [-0.15, -0.1) is 0 Å². The lowest BCUT2D eigenvalue weighted by Gasteiger charge is -2.12. The molecule has 0 radical (unpaired) electrons. The minimum Gasteiger partial charge on any atom is -0.269 e. The number of rotatable bonds is 4.